The summed E-state index contributed by atoms with van der Waals surface area (Å²) in [5.41, 5.74) is 1.56. The summed E-state index contributed by atoms with van der Waals surface area (Å²) in [6.07, 6.45) is 2.92. The van der Waals surface area contributed by atoms with Crippen molar-refractivity contribution >= 4 is 5.91 Å². The quantitative estimate of drug-likeness (QED) is 0.836. The molecular formula is C16H26N4O2. The number of hydrogen-bond donors (Lipinski definition) is 0. The molecule has 0 spiro atoms. The van der Waals surface area contributed by atoms with Crippen molar-refractivity contribution in [2.24, 2.45) is 5.92 Å². The molecule has 0 aromatic carbocycles. The normalized spacial score (nSPS) is 26.0. The summed E-state index contributed by atoms with van der Waals surface area (Å²) in [6, 6.07) is 0.138. The van der Waals surface area contributed by atoms with E-state index in [4.69, 9.17) is 4.74 Å². The van der Waals surface area contributed by atoms with Crippen LogP contribution in [0.5, 0.6) is 0 Å². The van der Waals surface area contributed by atoms with Crippen molar-refractivity contribution in [2.75, 3.05) is 39.9 Å². The SMILES string of the molecule is CCCn1cc(C(=O)N2C[C@H]3COC[C@@H]2CN(C)C3)c(C)n1. The molecule has 0 unspecified atom stereocenters. The number of hydrogen-bond acceptors (Lipinski definition) is 4. The fraction of sp³-hybridized carbons (Fsp3) is 0.750. The zero-order valence-electron chi connectivity index (χ0n) is 13.8. The lowest BCUT2D eigenvalue weighted by Crippen LogP contribution is -2.46. The average molecular weight is 306 g/mol. The molecule has 6 heteroatoms. The second-order valence-corrected chi connectivity index (χ2v) is 6.63. The van der Waals surface area contributed by atoms with Gasteiger partial charge in [-0.25, -0.2) is 0 Å². The van der Waals surface area contributed by atoms with Gasteiger partial charge in [0.25, 0.3) is 5.91 Å². The van der Waals surface area contributed by atoms with E-state index < -0.39 is 0 Å². The first kappa shape index (κ1) is 15.5. The standard InChI is InChI=1S/C16H26N4O2/c1-4-5-19-9-15(12(2)17-19)16(21)20-7-13-6-18(3)8-14(20)11-22-10-13/h9,13-14H,4-8,10-11H2,1-3H3/t13-,14-/m0/s1. The van der Waals surface area contributed by atoms with Gasteiger partial charge in [-0.1, -0.05) is 6.92 Å². The van der Waals surface area contributed by atoms with Crippen LogP contribution >= 0.6 is 0 Å². The average Bonchev–Trinajstić information content (AvgIpc) is 2.62. The van der Waals surface area contributed by atoms with Crippen molar-refractivity contribution in [2.45, 2.75) is 32.9 Å². The molecule has 0 N–H and O–H groups in total. The fourth-order valence-electron chi connectivity index (χ4n) is 3.55. The predicted molar refractivity (Wildman–Crippen MR) is 83.9 cm³/mol. The van der Waals surface area contributed by atoms with E-state index in [0.29, 0.717) is 12.5 Å². The number of aromatic nitrogens is 2. The zero-order chi connectivity index (χ0) is 15.7. The van der Waals surface area contributed by atoms with Crippen LogP contribution in [-0.2, 0) is 11.3 Å². The van der Waals surface area contributed by atoms with Crippen molar-refractivity contribution in [1.82, 2.24) is 19.6 Å². The molecule has 122 valence electrons. The van der Waals surface area contributed by atoms with Crippen molar-refractivity contribution in [3.8, 4) is 0 Å². The first-order valence-electron chi connectivity index (χ1n) is 8.19. The first-order valence-corrected chi connectivity index (χ1v) is 8.19. The highest BCUT2D eigenvalue weighted by Crippen LogP contribution is 2.22. The van der Waals surface area contributed by atoms with Gasteiger partial charge in [-0.05, 0) is 20.4 Å². The Bertz CT molecular complexity index is 542. The number of carbonyl (C=O) groups excluding carboxylic acids is 1. The van der Waals surface area contributed by atoms with Crippen LogP contribution in [0.1, 0.15) is 29.4 Å². The number of amides is 1. The van der Waals surface area contributed by atoms with Crippen LogP contribution in [-0.4, -0.2) is 71.4 Å². The van der Waals surface area contributed by atoms with Gasteiger partial charge < -0.3 is 14.5 Å². The second kappa shape index (κ2) is 6.38. The Labute approximate surface area is 132 Å². The fourth-order valence-corrected chi connectivity index (χ4v) is 3.55. The molecule has 1 amide bonds. The van der Waals surface area contributed by atoms with E-state index in [1.165, 1.54) is 0 Å². The highest BCUT2D eigenvalue weighted by molar-refractivity contribution is 5.95. The molecule has 2 aliphatic rings. The first-order chi connectivity index (χ1) is 10.6. The van der Waals surface area contributed by atoms with Crippen LogP contribution in [0.15, 0.2) is 6.20 Å². The Kier molecular flexibility index (Phi) is 4.49. The van der Waals surface area contributed by atoms with Crippen LogP contribution in [0, 0.1) is 12.8 Å². The minimum absolute atomic E-state index is 0.107. The third-order valence-corrected chi connectivity index (χ3v) is 4.54. The molecule has 22 heavy (non-hydrogen) atoms. The summed E-state index contributed by atoms with van der Waals surface area (Å²) in [5.74, 6) is 0.503. The Hall–Kier alpha value is -1.40. The molecule has 0 radical (unpaired) electrons. The summed E-state index contributed by atoms with van der Waals surface area (Å²) >= 11 is 0. The molecule has 2 atom stereocenters. The van der Waals surface area contributed by atoms with Gasteiger partial charge >= 0.3 is 0 Å². The smallest absolute Gasteiger partial charge is 0.257 e. The van der Waals surface area contributed by atoms with Crippen LogP contribution in [0.4, 0.5) is 0 Å². The molecule has 2 bridgehead atoms. The molecule has 1 aromatic rings. The van der Waals surface area contributed by atoms with Gasteiger partial charge in [-0.3, -0.25) is 9.48 Å². The molecule has 0 saturated carbocycles. The molecule has 3 heterocycles. The summed E-state index contributed by atoms with van der Waals surface area (Å²) in [5, 5.41) is 4.47. The van der Waals surface area contributed by atoms with Gasteiger partial charge in [0.1, 0.15) is 0 Å². The number of carbonyl (C=O) groups is 1. The largest absolute Gasteiger partial charge is 0.379 e. The Balaban J connectivity index is 1.84. The van der Waals surface area contributed by atoms with E-state index in [1.807, 2.05) is 22.7 Å². The van der Waals surface area contributed by atoms with E-state index in [-0.39, 0.29) is 11.9 Å². The molecule has 2 saturated heterocycles. The summed E-state index contributed by atoms with van der Waals surface area (Å²) in [4.78, 5) is 17.4. The highest BCUT2D eigenvalue weighted by Gasteiger charge is 2.35. The zero-order valence-corrected chi connectivity index (χ0v) is 13.8. The number of likely N-dealkylation sites (N-methyl/N-ethyl adjacent to an activating group) is 1. The number of aryl methyl sites for hydroxylation is 2. The lowest BCUT2D eigenvalue weighted by molar-refractivity contribution is 0.0483. The summed E-state index contributed by atoms with van der Waals surface area (Å²) in [6.45, 7) is 8.93. The molecule has 6 nitrogen and oxygen atoms in total. The number of rotatable bonds is 3. The molecular weight excluding hydrogens is 280 g/mol. The molecule has 1 aromatic heterocycles. The lowest BCUT2D eigenvalue weighted by atomic mass is 10.1. The lowest BCUT2D eigenvalue weighted by Gasteiger charge is -2.29. The Morgan fingerprint density at radius 3 is 2.95 bits per heavy atom. The molecule has 0 aliphatic carbocycles. The molecule has 2 aliphatic heterocycles. The van der Waals surface area contributed by atoms with Crippen LogP contribution in [0.2, 0.25) is 0 Å². The maximum atomic E-state index is 13.0. The van der Waals surface area contributed by atoms with Gasteiger partial charge in [0, 0.05) is 38.3 Å². The highest BCUT2D eigenvalue weighted by atomic mass is 16.5. The summed E-state index contributed by atoms with van der Waals surface area (Å²) < 4.78 is 7.64. The third kappa shape index (κ3) is 3.03. The number of nitrogens with zero attached hydrogens (tertiary/aromatic N) is 4. The van der Waals surface area contributed by atoms with Gasteiger partial charge in [0.2, 0.25) is 0 Å². The maximum Gasteiger partial charge on any atom is 0.257 e. The van der Waals surface area contributed by atoms with Crippen molar-refractivity contribution in [3.05, 3.63) is 17.5 Å². The van der Waals surface area contributed by atoms with Gasteiger partial charge in [0.05, 0.1) is 30.5 Å². The van der Waals surface area contributed by atoms with Gasteiger partial charge in [-0.15, -0.1) is 0 Å². The molecule has 2 fully saturated rings. The van der Waals surface area contributed by atoms with E-state index >= 15 is 0 Å². The molecule has 3 rings (SSSR count). The Morgan fingerprint density at radius 1 is 1.36 bits per heavy atom. The number of fused-ring (bicyclic) bond motifs is 3. The van der Waals surface area contributed by atoms with Crippen molar-refractivity contribution < 1.29 is 9.53 Å². The van der Waals surface area contributed by atoms with Crippen LogP contribution in [0.3, 0.4) is 0 Å². The van der Waals surface area contributed by atoms with E-state index in [1.54, 1.807) is 0 Å². The summed E-state index contributed by atoms with van der Waals surface area (Å²) in [7, 11) is 2.13. The second-order valence-electron chi connectivity index (χ2n) is 6.63. The van der Waals surface area contributed by atoms with E-state index in [9.17, 15) is 4.79 Å². The van der Waals surface area contributed by atoms with Crippen LogP contribution in [0.25, 0.3) is 0 Å². The van der Waals surface area contributed by atoms with E-state index in [2.05, 4.69) is 24.0 Å². The van der Waals surface area contributed by atoms with Crippen LogP contribution < -0.4 is 0 Å². The Morgan fingerprint density at radius 2 is 2.18 bits per heavy atom. The third-order valence-electron chi connectivity index (χ3n) is 4.54. The number of ether oxygens (including phenoxy) is 1. The minimum atomic E-state index is 0.107. The topological polar surface area (TPSA) is 50.6 Å². The predicted octanol–water partition coefficient (Wildman–Crippen LogP) is 1.00. The van der Waals surface area contributed by atoms with Gasteiger partial charge in [-0.2, -0.15) is 5.10 Å². The minimum Gasteiger partial charge on any atom is -0.379 e. The monoisotopic (exact) mass is 306 g/mol. The maximum absolute atomic E-state index is 13.0. The van der Waals surface area contributed by atoms with Crippen molar-refractivity contribution in [1.29, 1.82) is 0 Å². The van der Waals surface area contributed by atoms with E-state index in [0.717, 1.165) is 50.5 Å². The van der Waals surface area contributed by atoms with Gasteiger partial charge in [0.15, 0.2) is 0 Å². The van der Waals surface area contributed by atoms with Crippen molar-refractivity contribution in [3.63, 3.8) is 0 Å².